The molecule has 138 valence electrons. The minimum Gasteiger partial charge on any atom is -0.469 e. The van der Waals surface area contributed by atoms with Gasteiger partial charge in [0, 0.05) is 6.54 Å². The number of rotatable bonds is 4. The molecule has 0 bridgehead atoms. The lowest BCUT2D eigenvalue weighted by Gasteiger charge is -2.27. The van der Waals surface area contributed by atoms with Crippen LogP contribution in [0.4, 0.5) is 4.39 Å². The van der Waals surface area contributed by atoms with Crippen molar-refractivity contribution < 1.29 is 22.3 Å². The molecule has 0 radical (unpaired) electrons. The van der Waals surface area contributed by atoms with E-state index in [9.17, 15) is 17.6 Å². The van der Waals surface area contributed by atoms with Crippen LogP contribution in [-0.2, 0) is 19.6 Å². The van der Waals surface area contributed by atoms with E-state index >= 15 is 0 Å². The van der Waals surface area contributed by atoms with Crippen LogP contribution in [0.3, 0.4) is 0 Å². The molecular weight excluding hydrogens is 357 g/mol. The summed E-state index contributed by atoms with van der Waals surface area (Å²) in [5.41, 5.74) is 1.52. The van der Waals surface area contributed by atoms with Crippen LogP contribution in [0.15, 0.2) is 53.4 Å². The predicted octanol–water partition coefficient (Wildman–Crippen LogP) is 3.06. The molecule has 2 aromatic carbocycles. The zero-order chi connectivity index (χ0) is 18.9. The predicted molar refractivity (Wildman–Crippen MR) is 94.3 cm³/mol. The molecule has 2 unspecified atom stereocenters. The maximum Gasteiger partial charge on any atom is 0.310 e. The number of aryl methyl sites for hydroxylation is 1. The number of nitrogens with zero attached hydrogens (tertiary/aromatic N) is 1. The van der Waals surface area contributed by atoms with Gasteiger partial charge in [0.25, 0.3) is 0 Å². The van der Waals surface area contributed by atoms with Crippen molar-refractivity contribution in [3.63, 3.8) is 0 Å². The monoisotopic (exact) mass is 377 g/mol. The molecule has 1 aliphatic heterocycles. The van der Waals surface area contributed by atoms with Crippen molar-refractivity contribution in [2.24, 2.45) is 5.92 Å². The van der Waals surface area contributed by atoms with Gasteiger partial charge in [-0.2, -0.15) is 4.31 Å². The summed E-state index contributed by atoms with van der Waals surface area (Å²) in [5.74, 6) is -1.53. The van der Waals surface area contributed by atoms with Gasteiger partial charge < -0.3 is 4.74 Å². The Labute approximate surface area is 152 Å². The first-order chi connectivity index (χ1) is 12.3. The second-order valence-electron chi connectivity index (χ2n) is 6.34. The average molecular weight is 377 g/mol. The van der Waals surface area contributed by atoms with Crippen molar-refractivity contribution in [2.75, 3.05) is 13.7 Å². The van der Waals surface area contributed by atoms with E-state index < -0.39 is 33.8 Å². The Balaban J connectivity index is 2.05. The number of sulfonamides is 1. The van der Waals surface area contributed by atoms with Crippen LogP contribution in [-0.4, -0.2) is 32.3 Å². The van der Waals surface area contributed by atoms with E-state index in [1.807, 2.05) is 6.92 Å². The summed E-state index contributed by atoms with van der Waals surface area (Å²) in [7, 11) is -2.53. The molecule has 0 saturated carbocycles. The lowest BCUT2D eigenvalue weighted by Crippen LogP contribution is -2.34. The Kier molecular flexibility index (Phi) is 5.11. The van der Waals surface area contributed by atoms with Crippen molar-refractivity contribution in [1.82, 2.24) is 4.31 Å². The first-order valence-corrected chi connectivity index (χ1v) is 9.70. The highest BCUT2D eigenvalue weighted by atomic mass is 32.2. The molecule has 2 atom stereocenters. The molecule has 1 fully saturated rings. The van der Waals surface area contributed by atoms with Gasteiger partial charge in [-0.1, -0.05) is 29.8 Å². The summed E-state index contributed by atoms with van der Waals surface area (Å²) < 4.78 is 45.8. The van der Waals surface area contributed by atoms with Crippen LogP contribution in [0.1, 0.15) is 23.6 Å². The van der Waals surface area contributed by atoms with Crippen LogP contribution in [0.25, 0.3) is 0 Å². The number of ether oxygens (including phenoxy) is 1. The first-order valence-electron chi connectivity index (χ1n) is 8.26. The van der Waals surface area contributed by atoms with Gasteiger partial charge in [0.15, 0.2) is 0 Å². The molecule has 0 aliphatic carbocycles. The highest BCUT2D eigenvalue weighted by molar-refractivity contribution is 7.89. The molecule has 0 amide bonds. The van der Waals surface area contributed by atoms with E-state index in [0.717, 1.165) is 5.56 Å². The summed E-state index contributed by atoms with van der Waals surface area (Å²) >= 11 is 0. The Morgan fingerprint density at radius 3 is 2.31 bits per heavy atom. The van der Waals surface area contributed by atoms with Gasteiger partial charge in [0.1, 0.15) is 5.82 Å². The van der Waals surface area contributed by atoms with Crippen molar-refractivity contribution in [3.05, 3.63) is 65.5 Å². The van der Waals surface area contributed by atoms with E-state index in [2.05, 4.69) is 0 Å². The SMILES string of the molecule is COC(=O)C1CCN(S(=O)(=O)c2ccc(C)cc2)C1c1ccc(F)cc1. The Bertz CT molecular complexity index is 894. The second kappa shape index (κ2) is 7.17. The summed E-state index contributed by atoms with van der Waals surface area (Å²) in [4.78, 5) is 12.4. The normalized spacial score (nSPS) is 20.9. The molecule has 3 rings (SSSR count). The van der Waals surface area contributed by atoms with Crippen molar-refractivity contribution in [2.45, 2.75) is 24.3 Å². The molecule has 0 N–H and O–H groups in total. The Morgan fingerprint density at radius 1 is 1.12 bits per heavy atom. The fraction of sp³-hybridized carbons (Fsp3) is 0.316. The molecule has 1 aliphatic rings. The number of carbonyl (C=O) groups is 1. The topological polar surface area (TPSA) is 63.7 Å². The summed E-state index contributed by atoms with van der Waals surface area (Å²) in [5, 5.41) is 0. The lowest BCUT2D eigenvalue weighted by molar-refractivity contribution is -0.146. The van der Waals surface area contributed by atoms with Crippen LogP contribution in [0.5, 0.6) is 0 Å². The number of esters is 1. The number of halogens is 1. The van der Waals surface area contributed by atoms with Gasteiger partial charge in [0.05, 0.1) is 24.0 Å². The maximum absolute atomic E-state index is 13.3. The quantitative estimate of drug-likeness (QED) is 0.769. The molecule has 0 spiro atoms. The van der Waals surface area contributed by atoms with Crippen molar-refractivity contribution >= 4 is 16.0 Å². The van der Waals surface area contributed by atoms with Crippen molar-refractivity contribution in [3.8, 4) is 0 Å². The zero-order valence-electron chi connectivity index (χ0n) is 14.6. The van der Waals surface area contributed by atoms with E-state index in [-0.39, 0.29) is 11.4 Å². The van der Waals surface area contributed by atoms with Crippen molar-refractivity contribution in [1.29, 1.82) is 0 Å². The van der Waals surface area contributed by atoms with E-state index in [0.29, 0.717) is 12.0 Å². The largest absolute Gasteiger partial charge is 0.469 e. The minimum absolute atomic E-state index is 0.167. The zero-order valence-corrected chi connectivity index (χ0v) is 15.4. The third-order valence-corrected chi connectivity index (χ3v) is 6.59. The fourth-order valence-electron chi connectivity index (χ4n) is 3.34. The highest BCUT2D eigenvalue weighted by Gasteiger charge is 2.46. The number of benzene rings is 2. The molecule has 1 heterocycles. The van der Waals surface area contributed by atoms with Gasteiger partial charge in [-0.05, 0) is 43.2 Å². The standard InChI is InChI=1S/C19H20FNO4S/c1-13-3-9-16(10-4-13)26(23,24)21-12-11-17(19(22)25-2)18(21)14-5-7-15(20)8-6-14/h3-10,17-18H,11-12H2,1-2H3. The Morgan fingerprint density at radius 2 is 1.73 bits per heavy atom. The van der Waals surface area contributed by atoms with Crippen LogP contribution >= 0.6 is 0 Å². The van der Waals surface area contributed by atoms with E-state index in [1.165, 1.54) is 35.7 Å². The van der Waals surface area contributed by atoms with Crippen LogP contribution in [0, 0.1) is 18.7 Å². The number of carbonyl (C=O) groups excluding carboxylic acids is 1. The molecule has 5 nitrogen and oxygen atoms in total. The van der Waals surface area contributed by atoms with Crippen LogP contribution in [0.2, 0.25) is 0 Å². The summed E-state index contributed by atoms with van der Waals surface area (Å²) in [6.07, 6.45) is 0.347. The highest BCUT2D eigenvalue weighted by Crippen LogP contribution is 2.41. The number of methoxy groups -OCH3 is 1. The molecule has 26 heavy (non-hydrogen) atoms. The number of hydrogen-bond donors (Lipinski definition) is 0. The van der Waals surface area contributed by atoms with Gasteiger partial charge in [-0.15, -0.1) is 0 Å². The smallest absolute Gasteiger partial charge is 0.310 e. The van der Waals surface area contributed by atoms with E-state index in [1.54, 1.807) is 24.3 Å². The molecular formula is C19H20FNO4S. The third kappa shape index (κ3) is 3.37. The van der Waals surface area contributed by atoms with Crippen LogP contribution < -0.4 is 0 Å². The molecule has 1 saturated heterocycles. The fourth-order valence-corrected chi connectivity index (χ4v) is 5.00. The van der Waals surface area contributed by atoms with Gasteiger partial charge in [0.2, 0.25) is 10.0 Å². The lowest BCUT2D eigenvalue weighted by atomic mass is 9.94. The second-order valence-corrected chi connectivity index (χ2v) is 8.23. The molecule has 7 heteroatoms. The first kappa shape index (κ1) is 18.5. The Hall–Kier alpha value is -2.25. The number of hydrogen-bond acceptors (Lipinski definition) is 4. The average Bonchev–Trinajstić information content (AvgIpc) is 3.08. The summed E-state index contributed by atoms with van der Waals surface area (Å²) in [6, 6.07) is 11.4. The van der Waals surface area contributed by atoms with Gasteiger partial charge in [-0.25, -0.2) is 12.8 Å². The minimum atomic E-state index is -3.81. The molecule has 2 aromatic rings. The van der Waals surface area contributed by atoms with E-state index in [4.69, 9.17) is 4.74 Å². The third-order valence-electron chi connectivity index (χ3n) is 4.69. The summed E-state index contributed by atoms with van der Waals surface area (Å²) in [6.45, 7) is 2.07. The van der Waals surface area contributed by atoms with Gasteiger partial charge >= 0.3 is 5.97 Å². The van der Waals surface area contributed by atoms with Gasteiger partial charge in [-0.3, -0.25) is 4.79 Å². The molecule has 0 aromatic heterocycles. The maximum atomic E-state index is 13.3.